The van der Waals surface area contributed by atoms with Crippen molar-refractivity contribution in [3.8, 4) is 0 Å². The maximum absolute atomic E-state index is 12.5. The van der Waals surface area contributed by atoms with Gasteiger partial charge in [0.25, 0.3) is 0 Å². The van der Waals surface area contributed by atoms with Crippen LogP contribution in [0.25, 0.3) is 0 Å². The summed E-state index contributed by atoms with van der Waals surface area (Å²) in [4.78, 5) is 27.8. The summed E-state index contributed by atoms with van der Waals surface area (Å²) in [6.07, 6.45) is 1.69. The molecule has 1 unspecified atom stereocenters. The molecule has 120 valence electrons. The Morgan fingerprint density at radius 1 is 1.27 bits per heavy atom. The molecular formula is C17H25N3O2. The quantitative estimate of drug-likeness (QED) is 0.913. The van der Waals surface area contributed by atoms with Crippen LogP contribution in [0.2, 0.25) is 0 Å². The Morgan fingerprint density at radius 2 is 2.00 bits per heavy atom. The smallest absolute Gasteiger partial charge is 0.319 e. The number of rotatable bonds is 2. The Hall–Kier alpha value is -2.04. The lowest BCUT2D eigenvalue weighted by Gasteiger charge is -2.33. The van der Waals surface area contributed by atoms with Crippen LogP contribution in [0.4, 0.5) is 10.5 Å². The Labute approximate surface area is 132 Å². The molecule has 1 N–H and O–H groups in total. The van der Waals surface area contributed by atoms with Crippen LogP contribution < -0.4 is 5.32 Å². The lowest BCUT2D eigenvalue weighted by molar-refractivity contribution is -0.121. The molecule has 0 spiro atoms. The molecule has 1 heterocycles. The first-order valence-electron chi connectivity index (χ1n) is 7.73. The molecule has 1 aromatic carbocycles. The second-order valence-corrected chi connectivity index (χ2v) is 6.27. The van der Waals surface area contributed by atoms with E-state index in [4.69, 9.17) is 0 Å². The van der Waals surface area contributed by atoms with E-state index < -0.39 is 0 Å². The van der Waals surface area contributed by atoms with Crippen molar-refractivity contribution in [3.05, 3.63) is 29.3 Å². The zero-order valence-corrected chi connectivity index (χ0v) is 13.8. The van der Waals surface area contributed by atoms with Gasteiger partial charge in [-0.1, -0.05) is 17.7 Å². The maximum Gasteiger partial charge on any atom is 0.319 e. The highest BCUT2D eigenvalue weighted by molar-refractivity contribution is 5.93. The molecule has 0 aliphatic carbocycles. The molecule has 1 aromatic rings. The molecule has 5 heteroatoms. The average molecular weight is 303 g/mol. The zero-order valence-electron chi connectivity index (χ0n) is 13.8. The van der Waals surface area contributed by atoms with E-state index in [-0.39, 0.29) is 17.9 Å². The third-order valence-corrected chi connectivity index (χ3v) is 4.09. The van der Waals surface area contributed by atoms with Crippen LogP contribution in [0, 0.1) is 19.8 Å². The molecule has 1 aliphatic rings. The predicted octanol–water partition coefficient (Wildman–Crippen LogP) is 2.64. The van der Waals surface area contributed by atoms with E-state index in [0.717, 1.165) is 30.6 Å². The number of benzene rings is 1. The number of urea groups is 1. The predicted molar refractivity (Wildman–Crippen MR) is 87.9 cm³/mol. The number of nitrogens with zero attached hydrogens (tertiary/aromatic N) is 2. The molecule has 3 amide bonds. The van der Waals surface area contributed by atoms with Crippen LogP contribution in [0.15, 0.2) is 18.2 Å². The Balaban J connectivity index is 2.01. The van der Waals surface area contributed by atoms with Gasteiger partial charge in [0, 0.05) is 32.9 Å². The van der Waals surface area contributed by atoms with Crippen LogP contribution >= 0.6 is 0 Å². The lowest BCUT2D eigenvalue weighted by Crippen LogP contribution is -2.47. The summed E-state index contributed by atoms with van der Waals surface area (Å²) >= 11 is 0. The molecule has 22 heavy (non-hydrogen) atoms. The Bertz CT molecular complexity index is 569. The first-order valence-corrected chi connectivity index (χ1v) is 7.73. The van der Waals surface area contributed by atoms with Gasteiger partial charge in [-0.15, -0.1) is 0 Å². The van der Waals surface area contributed by atoms with Crippen LogP contribution in [0.3, 0.4) is 0 Å². The Morgan fingerprint density at radius 3 is 2.64 bits per heavy atom. The number of amides is 3. The van der Waals surface area contributed by atoms with Crippen molar-refractivity contribution < 1.29 is 9.59 Å². The molecule has 1 fully saturated rings. The summed E-state index contributed by atoms with van der Waals surface area (Å²) in [6.45, 7) is 5.24. The molecule has 0 aromatic heterocycles. The third kappa shape index (κ3) is 3.78. The third-order valence-electron chi connectivity index (χ3n) is 4.09. The number of hydrogen-bond acceptors (Lipinski definition) is 2. The van der Waals surface area contributed by atoms with Gasteiger partial charge in [-0.25, -0.2) is 4.79 Å². The fourth-order valence-electron chi connectivity index (χ4n) is 2.84. The van der Waals surface area contributed by atoms with Crippen molar-refractivity contribution in [1.29, 1.82) is 0 Å². The molecule has 1 atom stereocenters. The Kier molecular flexibility index (Phi) is 5.06. The summed E-state index contributed by atoms with van der Waals surface area (Å²) in [5, 5.41) is 3.01. The zero-order chi connectivity index (χ0) is 16.3. The minimum Gasteiger partial charge on any atom is -0.331 e. The summed E-state index contributed by atoms with van der Waals surface area (Å²) in [6, 6.07) is 5.96. The highest BCUT2D eigenvalue weighted by Crippen LogP contribution is 2.21. The van der Waals surface area contributed by atoms with Gasteiger partial charge < -0.3 is 15.1 Å². The minimum atomic E-state index is -0.140. The number of carbonyl (C=O) groups is 2. The van der Waals surface area contributed by atoms with E-state index in [9.17, 15) is 9.59 Å². The number of piperidine rings is 1. The van der Waals surface area contributed by atoms with Crippen molar-refractivity contribution in [2.24, 2.45) is 5.92 Å². The second kappa shape index (κ2) is 6.81. The minimum absolute atomic E-state index is 0.00297. The number of likely N-dealkylation sites (tertiary alicyclic amines) is 1. The summed E-state index contributed by atoms with van der Waals surface area (Å²) in [5.74, 6) is -0.137. The van der Waals surface area contributed by atoms with E-state index in [1.807, 2.05) is 26.0 Å². The summed E-state index contributed by atoms with van der Waals surface area (Å²) in [5.41, 5.74) is 3.09. The monoisotopic (exact) mass is 303 g/mol. The van der Waals surface area contributed by atoms with Crippen LogP contribution in [-0.2, 0) is 4.79 Å². The van der Waals surface area contributed by atoms with Gasteiger partial charge >= 0.3 is 6.03 Å². The van der Waals surface area contributed by atoms with E-state index in [1.54, 1.807) is 23.9 Å². The molecule has 1 saturated heterocycles. The fourth-order valence-corrected chi connectivity index (χ4v) is 2.84. The average Bonchev–Trinajstić information content (AvgIpc) is 2.49. The number of anilines is 1. The van der Waals surface area contributed by atoms with Gasteiger partial charge in [0.15, 0.2) is 0 Å². The van der Waals surface area contributed by atoms with Crippen molar-refractivity contribution in [3.63, 3.8) is 0 Å². The van der Waals surface area contributed by atoms with Gasteiger partial charge in [0.1, 0.15) is 0 Å². The number of carbonyl (C=O) groups excluding carboxylic acids is 2. The highest BCUT2D eigenvalue weighted by atomic mass is 16.2. The van der Waals surface area contributed by atoms with E-state index in [1.165, 1.54) is 5.56 Å². The van der Waals surface area contributed by atoms with Crippen LogP contribution in [0.5, 0.6) is 0 Å². The second-order valence-electron chi connectivity index (χ2n) is 6.27. The molecule has 5 nitrogen and oxygen atoms in total. The molecular weight excluding hydrogens is 278 g/mol. The van der Waals surface area contributed by atoms with Gasteiger partial charge in [0.05, 0.1) is 5.92 Å². The summed E-state index contributed by atoms with van der Waals surface area (Å²) < 4.78 is 0. The van der Waals surface area contributed by atoms with Crippen molar-refractivity contribution >= 4 is 17.6 Å². The molecule has 2 rings (SSSR count). The van der Waals surface area contributed by atoms with Crippen molar-refractivity contribution in [2.45, 2.75) is 26.7 Å². The highest BCUT2D eigenvalue weighted by Gasteiger charge is 2.29. The van der Waals surface area contributed by atoms with Crippen molar-refractivity contribution in [2.75, 3.05) is 32.5 Å². The lowest BCUT2D eigenvalue weighted by atomic mass is 9.97. The van der Waals surface area contributed by atoms with Gasteiger partial charge in [-0.3, -0.25) is 4.79 Å². The van der Waals surface area contributed by atoms with Crippen molar-refractivity contribution in [1.82, 2.24) is 9.80 Å². The SMILES string of the molecule is Cc1ccc(NC(=O)C2CCCN(C(=O)N(C)C)C2)c(C)c1. The van der Waals surface area contributed by atoms with Gasteiger partial charge in [-0.05, 0) is 38.3 Å². The van der Waals surface area contributed by atoms with Gasteiger partial charge in [-0.2, -0.15) is 0 Å². The number of nitrogens with one attached hydrogen (secondary N) is 1. The maximum atomic E-state index is 12.5. The fraction of sp³-hybridized carbons (Fsp3) is 0.529. The molecule has 0 radical (unpaired) electrons. The topological polar surface area (TPSA) is 52.7 Å². The van der Waals surface area contributed by atoms with E-state index >= 15 is 0 Å². The first-order chi connectivity index (χ1) is 10.4. The van der Waals surface area contributed by atoms with Gasteiger partial charge in [0.2, 0.25) is 5.91 Å². The van der Waals surface area contributed by atoms with Crippen LogP contribution in [0.1, 0.15) is 24.0 Å². The van der Waals surface area contributed by atoms with Crippen LogP contribution in [-0.4, -0.2) is 48.9 Å². The molecule has 1 aliphatic heterocycles. The summed E-state index contributed by atoms with van der Waals surface area (Å²) in [7, 11) is 3.48. The number of hydrogen-bond donors (Lipinski definition) is 1. The van der Waals surface area contributed by atoms with E-state index in [2.05, 4.69) is 11.4 Å². The normalized spacial score (nSPS) is 18.0. The standard InChI is InChI=1S/C17H25N3O2/c1-12-7-8-15(13(2)10-12)18-16(21)14-6-5-9-20(11-14)17(22)19(3)4/h7-8,10,14H,5-6,9,11H2,1-4H3,(H,18,21). The molecule has 0 bridgehead atoms. The molecule has 0 saturated carbocycles. The number of aryl methyl sites for hydroxylation is 2. The van der Waals surface area contributed by atoms with E-state index in [0.29, 0.717) is 6.54 Å². The first kappa shape index (κ1) is 16.3. The largest absolute Gasteiger partial charge is 0.331 e.